The molecule has 100 valence electrons. The number of nitrogens with one attached hydrogen (secondary N) is 1. The summed E-state index contributed by atoms with van der Waals surface area (Å²) in [6.07, 6.45) is 3.82. The highest BCUT2D eigenvalue weighted by atomic mass is 16.6. The van der Waals surface area contributed by atoms with Crippen LogP contribution in [0.25, 0.3) is 0 Å². The third-order valence-electron chi connectivity index (χ3n) is 3.00. The lowest BCUT2D eigenvalue weighted by molar-refractivity contribution is -0.384. The molecule has 1 aromatic rings. The maximum Gasteiger partial charge on any atom is 0.287 e. The maximum atomic E-state index is 11.9. The third-order valence-corrected chi connectivity index (χ3v) is 3.00. The number of nitrogens with zero attached hydrogens (tertiary/aromatic N) is 3. The van der Waals surface area contributed by atoms with Crippen molar-refractivity contribution in [3.63, 3.8) is 0 Å². The predicted octanol–water partition coefficient (Wildman–Crippen LogP) is 1.45. The zero-order valence-electron chi connectivity index (χ0n) is 10.3. The van der Waals surface area contributed by atoms with Crippen molar-refractivity contribution in [2.45, 2.75) is 25.8 Å². The van der Waals surface area contributed by atoms with Gasteiger partial charge in [0.1, 0.15) is 5.69 Å². The smallest absolute Gasteiger partial charge is 0.287 e. The molecule has 1 aliphatic carbocycles. The summed E-state index contributed by atoms with van der Waals surface area (Å²) in [6.45, 7) is 0.882. The molecule has 0 saturated heterocycles. The lowest BCUT2D eigenvalue weighted by Crippen LogP contribution is -2.26. The Bertz CT molecular complexity index is 540. The van der Waals surface area contributed by atoms with Crippen molar-refractivity contribution in [2.24, 2.45) is 5.92 Å². The zero-order valence-corrected chi connectivity index (χ0v) is 10.3. The van der Waals surface area contributed by atoms with Gasteiger partial charge < -0.3 is 9.88 Å². The molecule has 1 aromatic heterocycles. The molecule has 1 amide bonds. The van der Waals surface area contributed by atoms with Gasteiger partial charge in [-0.25, -0.2) is 0 Å². The van der Waals surface area contributed by atoms with Gasteiger partial charge in [0.15, 0.2) is 0 Å². The monoisotopic (exact) mass is 262 g/mol. The van der Waals surface area contributed by atoms with E-state index in [1.807, 2.05) is 6.07 Å². The normalized spacial score (nSPS) is 13.8. The highest BCUT2D eigenvalue weighted by Crippen LogP contribution is 2.32. The Kier molecular flexibility index (Phi) is 3.80. The summed E-state index contributed by atoms with van der Waals surface area (Å²) in [4.78, 5) is 22.2. The van der Waals surface area contributed by atoms with Gasteiger partial charge in [0.25, 0.3) is 11.6 Å². The van der Waals surface area contributed by atoms with Crippen LogP contribution in [-0.4, -0.2) is 21.9 Å². The van der Waals surface area contributed by atoms with Crippen molar-refractivity contribution in [2.75, 3.05) is 6.54 Å². The van der Waals surface area contributed by atoms with E-state index in [9.17, 15) is 14.9 Å². The minimum atomic E-state index is -0.505. The van der Waals surface area contributed by atoms with Crippen LogP contribution in [0, 0.1) is 27.4 Å². The molecular weight excluding hydrogens is 248 g/mol. The lowest BCUT2D eigenvalue weighted by Gasteiger charge is -2.07. The van der Waals surface area contributed by atoms with Crippen LogP contribution in [0.15, 0.2) is 12.3 Å². The molecule has 1 saturated carbocycles. The van der Waals surface area contributed by atoms with Crippen LogP contribution >= 0.6 is 0 Å². The quantitative estimate of drug-likeness (QED) is 0.476. The highest BCUT2D eigenvalue weighted by Gasteiger charge is 2.26. The molecule has 2 rings (SSSR count). The molecule has 0 unspecified atom stereocenters. The molecule has 0 spiro atoms. The number of hydrogen-bond donors (Lipinski definition) is 1. The summed E-state index contributed by atoms with van der Waals surface area (Å²) in [7, 11) is 0. The van der Waals surface area contributed by atoms with Crippen molar-refractivity contribution in [1.29, 1.82) is 5.26 Å². The molecular formula is C12H14N4O3. The number of nitro groups is 1. The van der Waals surface area contributed by atoms with Crippen LogP contribution in [0.5, 0.6) is 0 Å². The summed E-state index contributed by atoms with van der Waals surface area (Å²) < 4.78 is 1.64. The molecule has 7 nitrogen and oxygen atoms in total. The Morgan fingerprint density at radius 2 is 2.37 bits per heavy atom. The van der Waals surface area contributed by atoms with Crippen LogP contribution < -0.4 is 5.32 Å². The second kappa shape index (κ2) is 5.52. The highest BCUT2D eigenvalue weighted by molar-refractivity contribution is 5.93. The SMILES string of the molecule is N#CCCNC(=O)c1cc([N+](=O)[O-])cn1CC1CC1. The van der Waals surface area contributed by atoms with Gasteiger partial charge in [-0.1, -0.05) is 0 Å². The molecule has 0 atom stereocenters. The average Bonchev–Trinajstić information content (AvgIpc) is 3.06. The van der Waals surface area contributed by atoms with E-state index in [0.29, 0.717) is 12.5 Å². The molecule has 0 radical (unpaired) electrons. The predicted molar refractivity (Wildman–Crippen MR) is 66.4 cm³/mol. The fourth-order valence-electron chi connectivity index (χ4n) is 1.84. The number of carbonyl (C=O) groups is 1. The largest absolute Gasteiger partial charge is 0.350 e. The average molecular weight is 262 g/mol. The van der Waals surface area contributed by atoms with Gasteiger partial charge in [0.05, 0.1) is 23.6 Å². The summed E-state index contributed by atoms with van der Waals surface area (Å²) in [5.41, 5.74) is 0.211. The number of rotatable bonds is 6. The van der Waals surface area contributed by atoms with Gasteiger partial charge in [0.2, 0.25) is 0 Å². The van der Waals surface area contributed by atoms with E-state index in [4.69, 9.17) is 5.26 Å². The number of nitriles is 1. The Hall–Kier alpha value is -2.36. The molecule has 19 heavy (non-hydrogen) atoms. The first-order chi connectivity index (χ1) is 9.11. The second-order valence-corrected chi connectivity index (χ2v) is 4.60. The van der Waals surface area contributed by atoms with Gasteiger partial charge in [-0.05, 0) is 18.8 Å². The van der Waals surface area contributed by atoms with E-state index in [1.54, 1.807) is 4.57 Å². The van der Waals surface area contributed by atoms with Crippen molar-refractivity contribution < 1.29 is 9.72 Å². The summed E-state index contributed by atoms with van der Waals surface area (Å²) >= 11 is 0. The van der Waals surface area contributed by atoms with Crippen LogP contribution in [0.4, 0.5) is 5.69 Å². The molecule has 7 heteroatoms. The standard InChI is InChI=1S/C12H14N4O3/c13-4-1-5-14-12(17)11-6-10(16(18)19)8-15(11)7-9-2-3-9/h6,8-9H,1-3,5,7H2,(H,14,17). The molecule has 0 aromatic carbocycles. The molecule has 0 aliphatic heterocycles. The number of hydrogen-bond acceptors (Lipinski definition) is 4. The van der Waals surface area contributed by atoms with Gasteiger partial charge in [-0.3, -0.25) is 14.9 Å². The first-order valence-electron chi connectivity index (χ1n) is 6.11. The van der Waals surface area contributed by atoms with Gasteiger partial charge in [-0.15, -0.1) is 0 Å². The van der Waals surface area contributed by atoms with Gasteiger partial charge in [0, 0.05) is 19.2 Å². The molecule has 1 heterocycles. The summed E-state index contributed by atoms with van der Waals surface area (Å²) in [5, 5.41) is 21.8. The maximum absolute atomic E-state index is 11.9. The first kappa shape index (κ1) is 13.1. The molecule has 1 N–H and O–H groups in total. The van der Waals surface area contributed by atoms with E-state index in [1.165, 1.54) is 12.3 Å². The van der Waals surface area contributed by atoms with Crippen molar-refractivity contribution >= 4 is 11.6 Å². The van der Waals surface area contributed by atoms with Crippen LogP contribution in [0.1, 0.15) is 29.8 Å². The minimum Gasteiger partial charge on any atom is -0.350 e. The molecule has 1 fully saturated rings. The fraction of sp³-hybridized carbons (Fsp3) is 0.500. The molecule has 1 aliphatic rings. The fourth-order valence-corrected chi connectivity index (χ4v) is 1.84. The van der Waals surface area contributed by atoms with Gasteiger partial charge >= 0.3 is 0 Å². The lowest BCUT2D eigenvalue weighted by atomic mass is 10.3. The zero-order chi connectivity index (χ0) is 13.8. The van der Waals surface area contributed by atoms with E-state index in [-0.39, 0.29) is 30.3 Å². The van der Waals surface area contributed by atoms with Crippen molar-refractivity contribution in [3.8, 4) is 6.07 Å². The Morgan fingerprint density at radius 1 is 1.63 bits per heavy atom. The summed E-state index contributed by atoms with van der Waals surface area (Å²) in [6, 6.07) is 3.21. The Labute approximate surface area is 110 Å². The summed E-state index contributed by atoms with van der Waals surface area (Å²) in [5.74, 6) is 0.140. The van der Waals surface area contributed by atoms with E-state index in [0.717, 1.165) is 12.8 Å². The Morgan fingerprint density at radius 3 is 2.95 bits per heavy atom. The van der Waals surface area contributed by atoms with Crippen molar-refractivity contribution in [1.82, 2.24) is 9.88 Å². The van der Waals surface area contributed by atoms with Crippen LogP contribution in [0.3, 0.4) is 0 Å². The topological polar surface area (TPSA) is 101 Å². The van der Waals surface area contributed by atoms with Crippen molar-refractivity contribution in [3.05, 3.63) is 28.1 Å². The first-order valence-corrected chi connectivity index (χ1v) is 6.11. The minimum absolute atomic E-state index is 0.0777. The number of amides is 1. The number of carbonyl (C=O) groups excluding carboxylic acids is 1. The molecule has 0 bridgehead atoms. The second-order valence-electron chi connectivity index (χ2n) is 4.60. The van der Waals surface area contributed by atoms with E-state index >= 15 is 0 Å². The number of aromatic nitrogens is 1. The van der Waals surface area contributed by atoms with E-state index in [2.05, 4.69) is 5.32 Å². The van der Waals surface area contributed by atoms with Crippen LogP contribution in [0.2, 0.25) is 0 Å². The third kappa shape index (κ3) is 3.31. The van der Waals surface area contributed by atoms with Crippen LogP contribution in [-0.2, 0) is 6.54 Å². The Balaban J connectivity index is 2.13. The van der Waals surface area contributed by atoms with Gasteiger partial charge in [-0.2, -0.15) is 5.26 Å². The van der Waals surface area contributed by atoms with E-state index < -0.39 is 4.92 Å².